The van der Waals surface area contributed by atoms with Crippen molar-refractivity contribution in [2.24, 2.45) is 0 Å². The first kappa shape index (κ1) is 27.1. The fourth-order valence-electron chi connectivity index (χ4n) is 3.91. The molecule has 38 heavy (non-hydrogen) atoms. The molecule has 3 N–H and O–H groups in total. The molecule has 0 radical (unpaired) electrons. The summed E-state index contributed by atoms with van der Waals surface area (Å²) in [5.74, 6) is 2.33. The predicted molar refractivity (Wildman–Crippen MR) is 151 cm³/mol. The lowest BCUT2D eigenvalue weighted by molar-refractivity contribution is 0.243. The first-order valence-corrected chi connectivity index (χ1v) is 14.0. The van der Waals surface area contributed by atoms with Crippen LogP contribution in [0.4, 0.5) is 23.1 Å². The van der Waals surface area contributed by atoms with E-state index in [0.29, 0.717) is 28.9 Å². The monoisotopic (exact) mass is 534 g/mol. The Labute approximate surface area is 224 Å². The quantitative estimate of drug-likeness (QED) is 0.230. The van der Waals surface area contributed by atoms with Gasteiger partial charge in [-0.1, -0.05) is 12.1 Å². The third kappa shape index (κ3) is 5.80. The molecule has 9 nitrogen and oxygen atoms in total. The van der Waals surface area contributed by atoms with Gasteiger partial charge in [0, 0.05) is 23.5 Å². The molecule has 2 aromatic heterocycles. The Balaban J connectivity index is 1.72. The van der Waals surface area contributed by atoms with Crippen molar-refractivity contribution in [1.82, 2.24) is 19.9 Å². The van der Waals surface area contributed by atoms with E-state index in [1.807, 2.05) is 52.9 Å². The number of aromatic nitrogens is 4. The minimum absolute atomic E-state index is 0.0380. The van der Waals surface area contributed by atoms with E-state index in [-0.39, 0.29) is 11.0 Å². The molecule has 0 fully saturated rings. The van der Waals surface area contributed by atoms with Crippen LogP contribution in [0.2, 0.25) is 0 Å². The van der Waals surface area contributed by atoms with Gasteiger partial charge in [0.25, 0.3) is 0 Å². The maximum absolute atomic E-state index is 12.9. The van der Waals surface area contributed by atoms with E-state index < -0.39 is 15.1 Å². The Hall–Kier alpha value is -3.92. The number of benzene rings is 2. The first-order chi connectivity index (χ1) is 18.0. The van der Waals surface area contributed by atoms with Gasteiger partial charge in [0.05, 0.1) is 33.3 Å². The van der Waals surface area contributed by atoms with Gasteiger partial charge in [-0.15, -0.1) is 0 Å². The van der Waals surface area contributed by atoms with Crippen molar-refractivity contribution in [3.63, 3.8) is 0 Å². The Morgan fingerprint density at radius 2 is 1.66 bits per heavy atom. The molecule has 0 aliphatic carbocycles. The highest BCUT2D eigenvalue weighted by Crippen LogP contribution is 2.36. The molecular weight excluding hydrogens is 500 g/mol. The lowest BCUT2D eigenvalue weighted by Gasteiger charge is -2.18. The SMILES string of the molecule is Cc1nc(-c2cc(Nc3ncc(C)c(Nc4ccccc4S(=O)(=O)C(C)C)n3)c(OC(C)C)cc2C)c[nH]1. The summed E-state index contributed by atoms with van der Waals surface area (Å²) in [5.41, 5.74) is 4.72. The second-order valence-corrected chi connectivity index (χ2v) is 12.2. The molecule has 10 heteroatoms. The normalized spacial score (nSPS) is 11.7. The Bertz CT molecular complexity index is 1560. The van der Waals surface area contributed by atoms with Gasteiger partial charge in [-0.2, -0.15) is 4.98 Å². The second kappa shape index (κ2) is 10.8. The van der Waals surface area contributed by atoms with E-state index >= 15 is 0 Å². The van der Waals surface area contributed by atoms with Gasteiger partial charge in [-0.05, 0) is 78.3 Å². The van der Waals surface area contributed by atoms with Crippen molar-refractivity contribution in [2.45, 2.75) is 64.7 Å². The number of ether oxygens (including phenoxy) is 1. The summed E-state index contributed by atoms with van der Waals surface area (Å²) < 4.78 is 32.0. The summed E-state index contributed by atoms with van der Waals surface area (Å²) in [5, 5.41) is 5.95. The average Bonchev–Trinajstić information content (AvgIpc) is 3.28. The van der Waals surface area contributed by atoms with Crippen LogP contribution in [0.3, 0.4) is 0 Å². The largest absolute Gasteiger partial charge is 0.489 e. The van der Waals surface area contributed by atoms with Crippen LogP contribution in [0.5, 0.6) is 5.75 Å². The fourth-order valence-corrected chi connectivity index (χ4v) is 5.11. The minimum Gasteiger partial charge on any atom is -0.489 e. The number of anilines is 4. The third-order valence-electron chi connectivity index (χ3n) is 5.96. The summed E-state index contributed by atoms with van der Waals surface area (Å²) in [6.07, 6.45) is 3.52. The molecule has 0 spiro atoms. The number of hydrogen-bond donors (Lipinski definition) is 3. The number of aryl methyl sites for hydroxylation is 3. The fraction of sp³-hybridized carbons (Fsp3) is 0.321. The summed E-state index contributed by atoms with van der Waals surface area (Å²) in [4.78, 5) is 17.1. The Morgan fingerprint density at radius 3 is 2.32 bits per heavy atom. The Kier molecular flexibility index (Phi) is 7.73. The van der Waals surface area contributed by atoms with Crippen molar-refractivity contribution >= 4 is 33.0 Å². The van der Waals surface area contributed by atoms with Gasteiger partial charge in [0.15, 0.2) is 9.84 Å². The first-order valence-electron chi connectivity index (χ1n) is 12.5. The lowest BCUT2D eigenvalue weighted by atomic mass is 10.0. The number of hydrogen-bond acceptors (Lipinski definition) is 8. The number of H-pyrrole nitrogens is 1. The molecule has 4 aromatic rings. The molecule has 200 valence electrons. The second-order valence-electron chi connectivity index (χ2n) is 9.77. The number of para-hydroxylation sites is 1. The standard InChI is InChI=1S/C28H34N6O3S/c1-16(2)37-25-12-18(5)21(24-15-29-20(7)31-24)13-23(25)33-28-30-14-19(6)27(34-28)32-22-10-8-9-11-26(22)38(35,36)17(3)4/h8-17H,1-7H3,(H,29,31)(H2,30,32,33,34). The zero-order valence-corrected chi connectivity index (χ0v) is 23.6. The van der Waals surface area contributed by atoms with Crippen LogP contribution < -0.4 is 15.4 Å². The molecule has 0 saturated carbocycles. The number of nitrogens with zero attached hydrogens (tertiary/aromatic N) is 3. The predicted octanol–water partition coefficient (Wildman–Crippen LogP) is 6.25. The van der Waals surface area contributed by atoms with Crippen LogP contribution in [0.1, 0.15) is 44.6 Å². The van der Waals surface area contributed by atoms with Crippen LogP contribution in [0, 0.1) is 20.8 Å². The van der Waals surface area contributed by atoms with Crippen molar-refractivity contribution < 1.29 is 13.2 Å². The molecule has 0 unspecified atom stereocenters. The highest BCUT2D eigenvalue weighted by Gasteiger charge is 2.23. The third-order valence-corrected chi connectivity index (χ3v) is 8.17. The topological polar surface area (TPSA) is 122 Å². The van der Waals surface area contributed by atoms with Crippen LogP contribution in [-0.4, -0.2) is 39.7 Å². The van der Waals surface area contributed by atoms with E-state index in [0.717, 1.165) is 28.2 Å². The van der Waals surface area contributed by atoms with Gasteiger partial charge >= 0.3 is 0 Å². The number of rotatable bonds is 9. The highest BCUT2D eigenvalue weighted by atomic mass is 32.2. The maximum Gasteiger partial charge on any atom is 0.229 e. The Morgan fingerprint density at radius 1 is 0.921 bits per heavy atom. The maximum atomic E-state index is 12.9. The molecule has 0 saturated heterocycles. The minimum atomic E-state index is -3.50. The highest BCUT2D eigenvalue weighted by molar-refractivity contribution is 7.92. The molecule has 2 aromatic carbocycles. The molecule has 0 aliphatic heterocycles. The van der Waals surface area contributed by atoms with Crippen molar-refractivity contribution in [1.29, 1.82) is 0 Å². The van der Waals surface area contributed by atoms with Crippen LogP contribution >= 0.6 is 0 Å². The van der Waals surface area contributed by atoms with Crippen LogP contribution in [-0.2, 0) is 9.84 Å². The zero-order valence-electron chi connectivity index (χ0n) is 22.7. The zero-order chi connectivity index (χ0) is 27.6. The number of nitrogens with one attached hydrogen (secondary N) is 3. The average molecular weight is 535 g/mol. The summed E-state index contributed by atoms with van der Waals surface area (Å²) in [6.45, 7) is 13.1. The number of aromatic amines is 1. The van der Waals surface area contributed by atoms with Gasteiger partial charge in [-0.25, -0.2) is 18.4 Å². The van der Waals surface area contributed by atoms with E-state index in [1.54, 1.807) is 44.3 Å². The van der Waals surface area contributed by atoms with E-state index in [9.17, 15) is 8.42 Å². The molecule has 0 bridgehead atoms. The molecule has 4 rings (SSSR count). The molecular formula is C28H34N6O3S. The van der Waals surface area contributed by atoms with Crippen molar-refractivity contribution in [3.05, 3.63) is 65.7 Å². The number of sulfone groups is 1. The van der Waals surface area contributed by atoms with E-state index in [1.165, 1.54) is 0 Å². The summed E-state index contributed by atoms with van der Waals surface area (Å²) >= 11 is 0. The van der Waals surface area contributed by atoms with Crippen molar-refractivity contribution in [2.75, 3.05) is 10.6 Å². The van der Waals surface area contributed by atoms with Gasteiger partial charge in [0.1, 0.15) is 17.4 Å². The molecule has 2 heterocycles. The van der Waals surface area contributed by atoms with Crippen molar-refractivity contribution in [3.8, 4) is 17.0 Å². The smallest absolute Gasteiger partial charge is 0.229 e. The van der Waals surface area contributed by atoms with Gasteiger partial charge in [-0.3, -0.25) is 0 Å². The molecule has 0 amide bonds. The van der Waals surface area contributed by atoms with Gasteiger partial charge in [0.2, 0.25) is 5.95 Å². The van der Waals surface area contributed by atoms with E-state index in [4.69, 9.17) is 4.74 Å². The van der Waals surface area contributed by atoms with Crippen LogP contribution in [0.15, 0.2) is 53.7 Å². The summed E-state index contributed by atoms with van der Waals surface area (Å²) in [6, 6.07) is 10.8. The number of imidazole rings is 1. The van der Waals surface area contributed by atoms with Gasteiger partial charge < -0.3 is 20.4 Å². The molecule has 0 aliphatic rings. The lowest BCUT2D eigenvalue weighted by Crippen LogP contribution is -2.16. The van der Waals surface area contributed by atoms with Crippen LogP contribution in [0.25, 0.3) is 11.3 Å². The molecule has 0 atom stereocenters. The summed E-state index contributed by atoms with van der Waals surface area (Å²) in [7, 11) is -3.50. The van der Waals surface area contributed by atoms with E-state index in [2.05, 4.69) is 30.6 Å².